The molecule has 0 saturated heterocycles. The van der Waals surface area contributed by atoms with Gasteiger partial charge < -0.3 is 4.74 Å². The Morgan fingerprint density at radius 1 is 1.07 bits per heavy atom. The van der Waals surface area contributed by atoms with Crippen molar-refractivity contribution in [1.29, 1.82) is 0 Å². The van der Waals surface area contributed by atoms with E-state index in [2.05, 4.69) is 0 Å². The molecule has 1 atom stereocenters. The number of alkyl halides is 3. The normalized spacial score (nSPS) is 17.1. The van der Waals surface area contributed by atoms with Gasteiger partial charge in [0.2, 0.25) is 0 Å². The van der Waals surface area contributed by atoms with Crippen molar-refractivity contribution in [3.05, 3.63) is 83.1 Å². The Morgan fingerprint density at radius 2 is 1.81 bits per heavy atom. The molecule has 0 heterocycles. The van der Waals surface area contributed by atoms with Gasteiger partial charge >= 0.3 is 6.18 Å². The van der Waals surface area contributed by atoms with Gasteiger partial charge in [0.05, 0.1) is 11.3 Å². The highest BCUT2D eigenvalue weighted by atomic mass is 19.4. The minimum absolute atomic E-state index is 0.133. The lowest BCUT2D eigenvalue weighted by Gasteiger charge is -2.20. The first-order valence-electron chi connectivity index (χ1n) is 8.62. The van der Waals surface area contributed by atoms with E-state index in [-0.39, 0.29) is 5.92 Å². The van der Waals surface area contributed by atoms with Crippen molar-refractivity contribution in [2.75, 3.05) is 0 Å². The minimum atomic E-state index is -4.34. The molecular weight excluding hydrogens is 353 g/mol. The molecule has 0 aromatic heterocycles. The molecule has 2 aromatic carbocycles. The molecule has 27 heavy (non-hydrogen) atoms. The lowest BCUT2D eigenvalue weighted by molar-refractivity contribution is -0.137. The van der Waals surface area contributed by atoms with Crippen molar-refractivity contribution in [2.24, 2.45) is 5.92 Å². The summed E-state index contributed by atoms with van der Waals surface area (Å²) in [6.07, 6.45) is 0.758. The zero-order valence-corrected chi connectivity index (χ0v) is 14.8. The molecule has 1 unspecified atom stereocenters. The number of allylic oxidation sites excluding steroid dienone is 4. The third-order valence-electron chi connectivity index (χ3n) is 4.52. The largest absolute Gasteiger partial charge is 0.493 e. The molecule has 0 saturated carbocycles. The summed E-state index contributed by atoms with van der Waals surface area (Å²) in [6.45, 7) is 2.36. The molecule has 0 aliphatic heterocycles. The van der Waals surface area contributed by atoms with Gasteiger partial charge in [0.15, 0.2) is 0 Å². The third kappa shape index (κ3) is 4.67. The number of carbonyl (C=O) groups excluding carboxylic acids is 1. The van der Waals surface area contributed by atoms with Crippen LogP contribution in [-0.4, -0.2) is 6.29 Å². The van der Waals surface area contributed by atoms with Crippen molar-refractivity contribution >= 4 is 6.29 Å². The molecule has 0 N–H and O–H groups in total. The van der Waals surface area contributed by atoms with E-state index >= 15 is 0 Å². The molecular formula is C22H19F3O2. The summed E-state index contributed by atoms with van der Waals surface area (Å²) < 4.78 is 44.0. The van der Waals surface area contributed by atoms with Crippen molar-refractivity contribution in [3.8, 4) is 11.1 Å². The Bertz CT molecular complexity index is 877. The standard InChI is InChI=1S/C22H19F3O2/c1-15-11-16(13-26)5-10-21(15)27-14-17-3-2-4-19(12-17)18-6-8-20(9-7-18)22(23,24)25/h2-10,12-13,15H,11,14H2,1H3. The van der Waals surface area contributed by atoms with Gasteiger partial charge in [-0.25, -0.2) is 0 Å². The summed E-state index contributed by atoms with van der Waals surface area (Å²) in [4.78, 5) is 10.8. The van der Waals surface area contributed by atoms with Gasteiger partial charge in [0, 0.05) is 5.92 Å². The molecule has 0 fully saturated rings. The van der Waals surface area contributed by atoms with Gasteiger partial charge in [-0.3, -0.25) is 4.79 Å². The van der Waals surface area contributed by atoms with Crippen LogP contribution >= 0.6 is 0 Å². The molecule has 3 rings (SSSR count). The number of hydrogen-bond donors (Lipinski definition) is 0. The van der Waals surface area contributed by atoms with E-state index in [4.69, 9.17) is 4.74 Å². The van der Waals surface area contributed by atoms with Crippen LogP contribution in [0.5, 0.6) is 0 Å². The summed E-state index contributed by atoms with van der Waals surface area (Å²) in [6, 6.07) is 12.6. The molecule has 0 radical (unpaired) electrons. The summed E-state index contributed by atoms with van der Waals surface area (Å²) in [5.74, 6) is 0.953. The maximum Gasteiger partial charge on any atom is 0.416 e. The predicted octanol–water partition coefficient (Wildman–Crippen LogP) is 5.94. The van der Waals surface area contributed by atoms with Crippen LogP contribution in [0, 0.1) is 5.92 Å². The number of aldehydes is 1. The minimum Gasteiger partial charge on any atom is -0.493 e. The van der Waals surface area contributed by atoms with Crippen LogP contribution in [-0.2, 0) is 22.3 Å². The molecule has 1 aliphatic rings. The third-order valence-corrected chi connectivity index (χ3v) is 4.52. The lowest BCUT2D eigenvalue weighted by atomic mass is 9.95. The first kappa shape index (κ1) is 19.0. The number of rotatable bonds is 5. The van der Waals surface area contributed by atoms with E-state index in [1.165, 1.54) is 12.1 Å². The molecule has 5 heteroatoms. The molecule has 1 aliphatic carbocycles. The summed E-state index contributed by atoms with van der Waals surface area (Å²) >= 11 is 0. The van der Waals surface area contributed by atoms with Crippen LogP contribution in [0.3, 0.4) is 0 Å². The van der Waals surface area contributed by atoms with Crippen molar-refractivity contribution in [3.63, 3.8) is 0 Å². The van der Waals surface area contributed by atoms with Crippen molar-refractivity contribution in [2.45, 2.75) is 26.1 Å². The first-order chi connectivity index (χ1) is 12.9. The highest BCUT2D eigenvalue weighted by Crippen LogP contribution is 2.31. The topological polar surface area (TPSA) is 26.3 Å². The first-order valence-corrected chi connectivity index (χ1v) is 8.62. The Balaban J connectivity index is 1.72. The Labute approximate surface area is 156 Å². The van der Waals surface area contributed by atoms with Crippen LogP contribution in [0.4, 0.5) is 13.2 Å². The van der Waals surface area contributed by atoms with Crippen LogP contribution in [0.25, 0.3) is 11.1 Å². The molecule has 2 aromatic rings. The Hall–Kier alpha value is -2.82. The van der Waals surface area contributed by atoms with E-state index in [1.807, 2.05) is 37.3 Å². The molecule has 0 bridgehead atoms. The van der Waals surface area contributed by atoms with Gasteiger partial charge in [0.25, 0.3) is 0 Å². The van der Waals surface area contributed by atoms with Crippen LogP contribution in [0.1, 0.15) is 24.5 Å². The van der Waals surface area contributed by atoms with E-state index in [0.717, 1.165) is 40.9 Å². The number of hydrogen-bond acceptors (Lipinski definition) is 2. The lowest BCUT2D eigenvalue weighted by Crippen LogP contribution is -2.09. The molecule has 0 spiro atoms. The number of halogens is 3. The summed E-state index contributed by atoms with van der Waals surface area (Å²) in [5, 5.41) is 0. The van der Waals surface area contributed by atoms with E-state index in [0.29, 0.717) is 18.6 Å². The zero-order valence-electron chi connectivity index (χ0n) is 14.8. The van der Waals surface area contributed by atoms with Crippen LogP contribution in [0.15, 0.2) is 72.0 Å². The van der Waals surface area contributed by atoms with E-state index in [9.17, 15) is 18.0 Å². The number of ether oxygens (including phenoxy) is 1. The van der Waals surface area contributed by atoms with Gasteiger partial charge in [-0.1, -0.05) is 43.3 Å². The second-order valence-corrected chi connectivity index (χ2v) is 6.60. The quantitative estimate of drug-likeness (QED) is 0.607. The van der Waals surface area contributed by atoms with Gasteiger partial charge in [-0.15, -0.1) is 0 Å². The maximum absolute atomic E-state index is 12.7. The number of benzene rings is 2. The monoisotopic (exact) mass is 372 g/mol. The average molecular weight is 372 g/mol. The highest BCUT2D eigenvalue weighted by Gasteiger charge is 2.29. The second kappa shape index (κ2) is 7.82. The summed E-state index contributed by atoms with van der Waals surface area (Å²) in [7, 11) is 0. The molecule has 2 nitrogen and oxygen atoms in total. The Kier molecular flexibility index (Phi) is 5.49. The fraction of sp³-hybridized carbons (Fsp3) is 0.227. The summed E-state index contributed by atoms with van der Waals surface area (Å²) in [5.41, 5.74) is 2.56. The van der Waals surface area contributed by atoms with E-state index in [1.54, 1.807) is 6.08 Å². The van der Waals surface area contributed by atoms with Crippen LogP contribution in [0.2, 0.25) is 0 Å². The fourth-order valence-corrected chi connectivity index (χ4v) is 3.01. The Morgan fingerprint density at radius 3 is 2.44 bits per heavy atom. The smallest absolute Gasteiger partial charge is 0.416 e. The highest BCUT2D eigenvalue weighted by molar-refractivity contribution is 5.74. The number of carbonyl (C=O) groups is 1. The van der Waals surface area contributed by atoms with Gasteiger partial charge in [0.1, 0.15) is 12.9 Å². The second-order valence-electron chi connectivity index (χ2n) is 6.60. The fourth-order valence-electron chi connectivity index (χ4n) is 3.01. The van der Waals surface area contributed by atoms with Gasteiger partial charge in [-0.2, -0.15) is 13.2 Å². The molecule has 140 valence electrons. The molecule has 0 amide bonds. The van der Waals surface area contributed by atoms with E-state index < -0.39 is 11.7 Å². The average Bonchev–Trinajstić information content (AvgIpc) is 2.66. The predicted molar refractivity (Wildman–Crippen MR) is 97.7 cm³/mol. The maximum atomic E-state index is 12.7. The SMILES string of the molecule is CC1CC(C=O)=CC=C1OCc1cccc(-c2ccc(C(F)(F)F)cc2)c1. The zero-order chi connectivity index (χ0) is 19.4. The van der Waals surface area contributed by atoms with Crippen LogP contribution < -0.4 is 0 Å². The van der Waals surface area contributed by atoms with Gasteiger partial charge in [-0.05, 0) is 53.0 Å². The van der Waals surface area contributed by atoms with Crippen molar-refractivity contribution < 1.29 is 22.7 Å². The van der Waals surface area contributed by atoms with Crippen molar-refractivity contribution in [1.82, 2.24) is 0 Å².